The average molecular weight is 192 g/mol. The number of ketones is 1. The van der Waals surface area contributed by atoms with Gasteiger partial charge in [0.1, 0.15) is 5.78 Å². The second-order valence-corrected chi connectivity index (χ2v) is 6.52. The Hall–Kier alpha value is -0.330. The molecule has 0 bridgehead atoms. The monoisotopic (exact) mass is 192 g/mol. The summed E-state index contributed by atoms with van der Waals surface area (Å²) in [6.45, 7) is 4.75. The van der Waals surface area contributed by atoms with Gasteiger partial charge in [-0.1, -0.05) is 13.8 Å². The molecule has 3 aliphatic rings. The van der Waals surface area contributed by atoms with Crippen molar-refractivity contribution in [3.05, 3.63) is 0 Å². The molecule has 0 saturated heterocycles. The number of hydrogen-bond donors (Lipinski definition) is 0. The molecule has 0 aliphatic heterocycles. The number of Topliss-reactive ketones (excluding diaryl/α,β-unsaturated/α-hetero) is 1. The van der Waals surface area contributed by atoms with Gasteiger partial charge in [0.25, 0.3) is 0 Å². The molecule has 78 valence electrons. The van der Waals surface area contributed by atoms with Crippen molar-refractivity contribution in [3.8, 4) is 0 Å². The molecule has 4 atom stereocenters. The zero-order valence-electron chi connectivity index (χ0n) is 9.25. The number of carbonyl (C=O) groups is 1. The Morgan fingerprint density at radius 3 is 2.79 bits per heavy atom. The van der Waals surface area contributed by atoms with Crippen LogP contribution in [0.2, 0.25) is 0 Å². The Morgan fingerprint density at radius 1 is 1.21 bits per heavy atom. The minimum Gasteiger partial charge on any atom is -0.299 e. The minimum atomic E-state index is 0.488. The molecule has 3 aliphatic carbocycles. The number of hydrogen-bond acceptors (Lipinski definition) is 1. The second-order valence-electron chi connectivity index (χ2n) is 6.52. The summed E-state index contributed by atoms with van der Waals surface area (Å²) < 4.78 is 0. The molecule has 0 unspecified atom stereocenters. The van der Waals surface area contributed by atoms with Gasteiger partial charge in [-0.25, -0.2) is 0 Å². The van der Waals surface area contributed by atoms with Gasteiger partial charge in [-0.2, -0.15) is 0 Å². The fraction of sp³-hybridized carbons (Fsp3) is 0.923. The minimum absolute atomic E-state index is 0.488. The van der Waals surface area contributed by atoms with Gasteiger partial charge in [-0.05, 0) is 48.9 Å². The van der Waals surface area contributed by atoms with Gasteiger partial charge in [0, 0.05) is 12.3 Å². The first-order valence-electron chi connectivity index (χ1n) is 6.09. The number of carbonyl (C=O) groups excluding carboxylic acids is 1. The van der Waals surface area contributed by atoms with Crippen LogP contribution in [0.25, 0.3) is 0 Å². The lowest BCUT2D eigenvalue weighted by Gasteiger charge is -2.21. The van der Waals surface area contributed by atoms with Crippen LogP contribution in [-0.2, 0) is 4.79 Å². The molecule has 1 nitrogen and oxygen atoms in total. The molecular weight excluding hydrogens is 172 g/mol. The van der Waals surface area contributed by atoms with E-state index in [4.69, 9.17) is 0 Å². The summed E-state index contributed by atoms with van der Waals surface area (Å²) in [5, 5.41) is 0. The Bertz CT molecular complexity index is 279. The van der Waals surface area contributed by atoms with Crippen LogP contribution in [0.1, 0.15) is 46.0 Å². The molecule has 14 heavy (non-hydrogen) atoms. The molecule has 0 heterocycles. The van der Waals surface area contributed by atoms with E-state index in [1.165, 1.54) is 25.7 Å². The van der Waals surface area contributed by atoms with Crippen LogP contribution >= 0.6 is 0 Å². The van der Waals surface area contributed by atoms with Crippen molar-refractivity contribution in [2.45, 2.75) is 46.0 Å². The number of rotatable bonds is 0. The van der Waals surface area contributed by atoms with E-state index in [2.05, 4.69) is 13.8 Å². The van der Waals surface area contributed by atoms with Crippen molar-refractivity contribution in [2.24, 2.45) is 29.1 Å². The Labute approximate surface area is 86.3 Å². The van der Waals surface area contributed by atoms with E-state index in [1.807, 2.05) is 0 Å². The number of fused-ring (bicyclic) bond motifs is 3. The summed E-state index contributed by atoms with van der Waals surface area (Å²) in [6, 6.07) is 0. The van der Waals surface area contributed by atoms with E-state index in [0.717, 1.165) is 24.2 Å². The fourth-order valence-corrected chi connectivity index (χ4v) is 4.61. The summed E-state index contributed by atoms with van der Waals surface area (Å²) >= 11 is 0. The maximum Gasteiger partial charge on any atom is 0.136 e. The highest BCUT2D eigenvalue weighted by molar-refractivity contribution is 5.84. The van der Waals surface area contributed by atoms with Gasteiger partial charge in [-0.3, -0.25) is 4.79 Å². The van der Waals surface area contributed by atoms with Crippen molar-refractivity contribution in [3.63, 3.8) is 0 Å². The molecule has 3 rings (SSSR count). The van der Waals surface area contributed by atoms with Gasteiger partial charge in [0.05, 0.1) is 0 Å². The van der Waals surface area contributed by atoms with E-state index in [-0.39, 0.29) is 0 Å². The van der Waals surface area contributed by atoms with Crippen molar-refractivity contribution < 1.29 is 4.79 Å². The summed E-state index contributed by atoms with van der Waals surface area (Å²) in [4.78, 5) is 11.8. The van der Waals surface area contributed by atoms with Crippen LogP contribution in [0.15, 0.2) is 0 Å². The predicted molar refractivity (Wildman–Crippen MR) is 55.8 cm³/mol. The van der Waals surface area contributed by atoms with E-state index in [1.54, 1.807) is 0 Å². The fourth-order valence-electron chi connectivity index (χ4n) is 4.61. The highest BCUT2D eigenvalue weighted by Crippen LogP contribution is 2.60. The molecule has 3 fully saturated rings. The van der Waals surface area contributed by atoms with E-state index < -0.39 is 0 Å². The van der Waals surface area contributed by atoms with Crippen LogP contribution in [-0.4, -0.2) is 5.78 Å². The predicted octanol–water partition coefficient (Wildman–Crippen LogP) is 3.04. The van der Waals surface area contributed by atoms with Crippen LogP contribution in [0, 0.1) is 29.1 Å². The zero-order chi connectivity index (χ0) is 9.92. The molecule has 0 N–H and O–H groups in total. The normalized spacial score (nSPS) is 49.4. The Morgan fingerprint density at radius 2 is 2.00 bits per heavy atom. The average Bonchev–Trinajstić information content (AvgIpc) is 2.61. The molecule has 0 radical (unpaired) electrons. The van der Waals surface area contributed by atoms with Gasteiger partial charge < -0.3 is 0 Å². The van der Waals surface area contributed by atoms with Crippen LogP contribution in [0.3, 0.4) is 0 Å². The summed E-state index contributed by atoms with van der Waals surface area (Å²) in [7, 11) is 0. The van der Waals surface area contributed by atoms with Crippen molar-refractivity contribution >= 4 is 5.78 Å². The maximum atomic E-state index is 11.8. The lowest BCUT2D eigenvalue weighted by atomic mass is 9.83. The smallest absolute Gasteiger partial charge is 0.136 e. The van der Waals surface area contributed by atoms with Gasteiger partial charge in [-0.15, -0.1) is 0 Å². The molecular formula is C13H20O. The molecule has 3 saturated carbocycles. The Kier molecular flexibility index (Phi) is 1.67. The highest BCUT2D eigenvalue weighted by Gasteiger charge is 2.54. The first-order valence-corrected chi connectivity index (χ1v) is 6.09. The lowest BCUT2D eigenvalue weighted by molar-refractivity contribution is -0.122. The first-order chi connectivity index (χ1) is 6.57. The third-order valence-corrected chi connectivity index (χ3v) is 4.92. The van der Waals surface area contributed by atoms with Gasteiger partial charge in [0.2, 0.25) is 0 Å². The van der Waals surface area contributed by atoms with Crippen molar-refractivity contribution in [1.29, 1.82) is 0 Å². The van der Waals surface area contributed by atoms with Crippen molar-refractivity contribution in [2.75, 3.05) is 0 Å². The second kappa shape index (κ2) is 2.62. The summed E-state index contributed by atoms with van der Waals surface area (Å²) in [6.07, 6.45) is 6.14. The first kappa shape index (κ1) is 8.94. The molecule has 0 spiro atoms. The van der Waals surface area contributed by atoms with Crippen LogP contribution in [0.5, 0.6) is 0 Å². The maximum absolute atomic E-state index is 11.8. The molecule has 0 aromatic heterocycles. The summed E-state index contributed by atoms with van der Waals surface area (Å²) in [5.74, 6) is 3.53. The third kappa shape index (κ3) is 1.11. The summed E-state index contributed by atoms with van der Waals surface area (Å²) in [5.41, 5.74) is 0.517. The molecule has 0 amide bonds. The topological polar surface area (TPSA) is 17.1 Å². The van der Waals surface area contributed by atoms with E-state index >= 15 is 0 Å². The standard InChI is InChI=1S/C13H20O/c1-13(2)6-9-5-8-3-4-11(14)12(8)10(9)7-13/h8-10,12H,3-7H2,1-2H3/t8-,9+,10-,12-/m1/s1. The molecule has 1 heteroatoms. The SMILES string of the molecule is CC1(C)C[C@@H]2C[C@H]3CCC(=O)[C@H]3[C@@H]2C1. The largest absolute Gasteiger partial charge is 0.299 e. The quantitative estimate of drug-likeness (QED) is 0.576. The molecule has 0 aromatic carbocycles. The van der Waals surface area contributed by atoms with E-state index in [9.17, 15) is 4.79 Å². The third-order valence-electron chi connectivity index (χ3n) is 4.92. The Balaban J connectivity index is 1.86. The van der Waals surface area contributed by atoms with Gasteiger partial charge in [0.15, 0.2) is 0 Å². The van der Waals surface area contributed by atoms with E-state index in [0.29, 0.717) is 17.1 Å². The van der Waals surface area contributed by atoms with Crippen molar-refractivity contribution in [1.82, 2.24) is 0 Å². The lowest BCUT2D eigenvalue weighted by Crippen LogP contribution is -2.19. The highest BCUT2D eigenvalue weighted by atomic mass is 16.1. The zero-order valence-corrected chi connectivity index (χ0v) is 9.25. The molecule has 0 aromatic rings. The van der Waals surface area contributed by atoms with Crippen LogP contribution < -0.4 is 0 Å². The van der Waals surface area contributed by atoms with Gasteiger partial charge >= 0.3 is 0 Å². The van der Waals surface area contributed by atoms with Crippen LogP contribution in [0.4, 0.5) is 0 Å².